The minimum atomic E-state index is -0.239. The van der Waals surface area contributed by atoms with Crippen LogP contribution in [0.15, 0.2) is 60.8 Å². The monoisotopic (exact) mass is 483 g/mol. The van der Waals surface area contributed by atoms with Crippen LogP contribution in [0.3, 0.4) is 0 Å². The lowest BCUT2D eigenvalue weighted by Gasteiger charge is -2.41. The van der Waals surface area contributed by atoms with Crippen molar-refractivity contribution in [2.45, 2.75) is 18.4 Å². The molecule has 2 aromatic carbocycles. The number of methoxy groups -OCH3 is 2. The number of rotatable bonds is 5. The van der Waals surface area contributed by atoms with Crippen molar-refractivity contribution >= 4 is 23.2 Å². The van der Waals surface area contributed by atoms with Crippen molar-refractivity contribution in [3.63, 3.8) is 0 Å². The lowest BCUT2D eigenvalue weighted by Crippen LogP contribution is -2.46. The summed E-state index contributed by atoms with van der Waals surface area (Å²) in [5, 5.41) is 8.12. The van der Waals surface area contributed by atoms with Crippen LogP contribution in [-0.2, 0) is 0 Å². The lowest BCUT2D eigenvalue weighted by molar-refractivity contribution is 0.0471. The maximum atomic E-state index is 6.52. The Kier molecular flexibility index (Phi) is 5.53. The second-order valence-electron chi connectivity index (χ2n) is 9.36. The highest BCUT2D eigenvalue weighted by Gasteiger charge is 2.36. The first-order chi connectivity index (χ1) is 17.6. The molecule has 1 saturated heterocycles. The molecule has 4 heterocycles. The van der Waals surface area contributed by atoms with Crippen LogP contribution in [0.4, 0.5) is 11.6 Å². The van der Waals surface area contributed by atoms with E-state index in [2.05, 4.69) is 34.4 Å². The Bertz CT molecular complexity index is 1450. The molecule has 0 radical (unpaired) electrons. The Labute approximate surface area is 210 Å². The van der Waals surface area contributed by atoms with Crippen LogP contribution in [0.25, 0.3) is 22.9 Å². The second-order valence-corrected chi connectivity index (χ2v) is 9.36. The Morgan fingerprint density at radius 2 is 1.81 bits per heavy atom. The Balaban J connectivity index is 1.33. The SMILES string of the molecule is COc1cc2c(cc1Nc1ncc3ccc(-c4ccccc4OC)n3n1)C=CC1(CCN(C)CC1)O2. The van der Waals surface area contributed by atoms with Gasteiger partial charge >= 0.3 is 0 Å². The molecule has 0 saturated carbocycles. The van der Waals surface area contributed by atoms with Crippen LogP contribution in [0.1, 0.15) is 18.4 Å². The van der Waals surface area contributed by atoms with Crippen molar-refractivity contribution in [1.82, 2.24) is 19.5 Å². The molecule has 0 unspecified atom stereocenters. The number of likely N-dealkylation sites (tertiary alicyclic amines) is 1. The van der Waals surface area contributed by atoms with E-state index < -0.39 is 0 Å². The highest BCUT2D eigenvalue weighted by atomic mass is 16.5. The Morgan fingerprint density at radius 3 is 2.61 bits per heavy atom. The van der Waals surface area contributed by atoms with Gasteiger partial charge in [-0.1, -0.05) is 18.2 Å². The zero-order valence-electron chi connectivity index (χ0n) is 20.7. The van der Waals surface area contributed by atoms with Gasteiger partial charge in [-0.25, -0.2) is 9.50 Å². The fraction of sp³-hybridized carbons (Fsp3) is 0.286. The van der Waals surface area contributed by atoms with E-state index in [1.165, 1.54) is 0 Å². The van der Waals surface area contributed by atoms with Gasteiger partial charge < -0.3 is 24.4 Å². The summed E-state index contributed by atoms with van der Waals surface area (Å²) in [6, 6.07) is 15.9. The summed E-state index contributed by atoms with van der Waals surface area (Å²) in [6.45, 7) is 2.04. The topological polar surface area (TPSA) is 73.1 Å². The molecule has 36 heavy (non-hydrogen) atoms. The lowest BCUT2D eigenvalue weighted by atomic mass is 9.88. The predicted octanol–water partition coefficient (Wildman–Crippen LogP) is 5.03. The Morgan fingerprint density at radius 1 is 1.00 bits per heavy atom. The Hall–Kier alpha value is -4.04. The molecule has 4 aromatic rings. The predicted molar refractivity (Wildman–Crippen MR) is 140 cm³/mol. The first-order valence-corrected chi connectivity index (χ1v) is 12.1. The van der Waals surface area contributed by atoms with Gasteiger partial charge in [0.25, 0.3) is 0 Å². The van der Waals surface area contributed by atoms with E-state index in [1.54, 1.807) is 20.4 Å². The van der Waals surface area contributed by atoms with Gasteiger partial charge in [0.1, 0.15) is 22.8 Å². The summed E-state index contributed by atoms with van der Waals surface area (Å²) in [7, 11) is 5.49. The van der Waals surface area contributed by atoms with Crippen molar-refractivity contribution in [3.05, 3.63) is 66.4 Å². The van der Waals surface area contributed by atoms with Gasteiger partial charge in [-0.05, 0) is 43.5 Å². The number of anilines is 2. The number of nitrogens with zero attached hydrogens (tertiary/aromatic N) is 4. The molecule has 2 aromatic heterocycles. The minimum Gasteiger partial charge on any atom is -0.496 e. The summed E-state index contributed by atoms with van der Waals surface area (Å²) >= 11 is 0. The fourth-order valence-electron chi connectivity index (χ4n) is 4.96. The molecule has 1 spiro atoms. The van der Waals surface area contributed by atoms with Crippen LogP contribution in [0.2, 0.25) is 0 Å². The first kappa shape index (κ1) is 22.4. The third-order valence-corrected chi connectivity index (χ3v) is 7.07. The molecule has 0 bridgehead atoms. The van der Waals surface area contributed by atoms with E-state index in [-0.39, 0.29) is 5.60 Å². The van der Waals surface area contributed by atoms with Crippen molar-refractivity contribution < 1.29 is 14.2 Å². The number of piperidine rings is 1. The second kappa shape index (κ2) is 8.87. The zero-order chi connectivity index (χ0) is 24.7. The van der Waals surface area contributed by atoms with Crippen molar-refractivity contribution in [2.24, 2.45) is 0 Å². The highest BCUT2D eigenvalue weighted by molar-refractivity contribution is 5.75. The van der Waals surface area contributed by atoms with Crippen LogP contribution < -0.4 is 19.5 Å². The van der Waals surface area contributed by atoms with Gasteiger partial charge in [0, 0.05) is 43.1 Å². The molecule has 8 nitrogen and oxygen atoms in total. The van der Waals surface area contributed by atoms with Crippen molar-refractivity contribution in [3.8, 4) is 28.5 Å². The number of benzene rings is 2. The summed E-state index contributed by atoms with van der Waals surface area (Å²) < 4.78 is 19.7. The van der Waals surface area contributed by atoms with E-state index >= 15 is 0 Å². The number of aromatic nitrogens is 3. The van der Waals surface area contributed by atoms with Crippen molar-refractivity contribution in [1.29, 1.82) is 0 Å². The highest BCUT2D eigenvalue weighted by Crippen LogP contribution is 2.42. The van der Waals surface area contributed by atoms with Crippen molar-refractivity contribution in [2.75, 3.05) is 39.7 Å². The average molecular weight is 484 g/mol. The number of fused-ring (bicyclic) bond motifs is 2. The largest absolute Gasteiger partial charge is 0.496 e. The standard InChI is InChI=1S/C28H29N5O3/c1-32-14-12-28(13-15-32)11-10-19-16-22(26(35-3)17-25(19)36-28)30-27-29-18-20-8-9-23(33(20)31-27)21-6-4-5-7-24(21)34-2/h4-11,16-18H,12-15H2,1-3H3,(H,30,31). The van der Waals surface area contributed by atoms with E-state index in [0.717, 1.165) is 65.5 Å². The molecule has 0 aliphatic carbocycles. The molecule has 1 N–H and O–H groups in total. The van der Waals surface area contributed by atoms with Crippen LogP contribution in [0, 0.1) is 0 Å². The maximum absolute atomic E-state index is 6.52. The summed E-state index contributed by atoms with van der Waals surface area (Å²) in [4.78, 5) is 6.87. The number of hydrogen-bond donors (Lipinski definition) is 1. The number of nitrogens with one attached hydrogen (secondary N) is 1. The van der Waals surface area contributed by atoms with Gasteiger partial charge in [-0.3, -0.25) is 0 Å². The molecule has 0 amide bonds. The average Bonchev–Trinajstić information content (AvgIpc) is 3.33. The number of hydrogen-bond acceptors (Lipinski definition) is 7. The molecule has 2 aliphatic heterocycles. The maximum Gasteiger partial charge on any atom is 0.245 e. The third kappa shape index (κ3) is 3.93. The number of para-hydroxylation sites is 1. The van der Waals surface area contributed by atoms with Gasteiger partial charge in [0.05, 0.1) is 37.3 Å². The molecule has 0 atom stereocenters. The normalized spacial score (nSPS) is 16.5. The smallest absolute Gasteiger partial charge is 0.245 e. The van der Waals surface area contributed by atoms with E-state index in [4.69, 9.17) is 19.3 Å². The molecule has 6 rings (SSSR count). The first-order valence-electron chi connectivity index (χ1n) is 12.1. The quantitative estimate of drug-likeness (QED) is 0.427. The molecule has 2 aliphatic rings. The molecule has 184 valence electrons. The van der Waals surface area contributed by atoms with Crippen LogP contribution in [-0.4, -0.2) is 59.5 Å². The van der Waals surface area contributed by atoms with Crippen LogP contribution >= 0.6 is 0 Å². The minimum absolute atomic E-state index is 0.239. The van der Waals surface area contributed by atoms with Gasteiger partial charge in [0.2, 0.25) is 5.95 Å². The molecule has 8 heteroatoms. The van der Waals surface area contributed by atoms with Gasteiger partial charge in [0.15, 0.2) is 0 Å². The van der Waals surface area contributed by atoms with E-state index in [9.17, 15) is 0 Å². The molecule has 1 fully saturated rings. The number of ether oxygens (including phenoxy) is 3. The summed E-state index contributed by atoms with van der Waals surface area (Å²) in [5.74, 6) is 2.76. The van der Waals surface area contributed by atoms with E-state index in [1.807, 2.05) is 53.0 Å². The summed E-state index contributed by atoms with van der Waals surface area (Å²) in [6.07, 6.45) is 8.11. The van der Waals surface area contributed by atoms with Gasteiger partial charge in [-0.15, -0.1) is 5.10 Å². The van der Waals surface area contributed by atoms with Crippen LogP contribution in [0.5, 0.6) is 17.2 Å². The van der Waals surface area contributed by atoms with E-state index in [0.29, 0.717) is 11.7 Å². The summed E-state index contributed by atoms with van der Waals surface area (Å²) in [5.41, 5.74) is 4.30. The fourth-order valence-corrected chi connectivity index (χ4v) is 4.96. The zero-order valence-corrected chi connectivity index (χ0v) is 20.7. The molecular weight excluding hydrogens is 454 g/mol. The molecular formula is C28H29N5O3. The van der Waals surface area contributed by atoms with Gasteiger partial charge in [-0.2, -0.15) is 0 Å². The third-order valence-electron chi connectivity index (χ3n) is 7.07.